The molecule has 0 atom stereocenters. The minimum absolute atomic E-state index is 0.0587. The van der Waals surface area contributed by atoms with Crippen LogP contribution in [0.4, 0.5) is 0 Å². The average molecular weight is 298 g/mol. The van der Waals surface area contributed by atoms with Crippen LogP contribution < -0.4 is 5.32 Å². The fraction of sp³-hybridized carbons (Fsp3) is 0.857. The van der Waals surface area contributed by atoms with Crippen molar-refractivity contribution in [2.45, 2.75) is 19.4 Å². The SMILES string of the molecule is CC(C)(C(=O)N1CCN(CC(=O)O)CC1)N1CCNCC1. The fourth-order valence-corrected chi connectivity index (χ4v) is 3.05. The average Bonchev–Trinajstić information content (AvgIpc) is 2.47. The number of piperazine rings is 2. The van der Waals surface area contributed by atoms with Gasteiger partial charge < -0.3 is 15.3 Å². The molecule has 7 nitrogen and oxygen atoms in total. The summed E-state index contributed by atoms with van der Waals surface area (Å²) in [6.45, 7) is 10.1. The molecule has 0 aliphatic carbocycles. The Morgan fingerprint density at radius 1 is 1.05 bits per heavy atom. The molecule has 2 saturated heterocycles. The molecule has 2 N–H and O–H groups in total. The summed E-state index contributed by atoms with van der Waals surface area (Å²) < 4.78 is 0. The van der Waals surface area contributed by atoms with Gasteiger partial charge in [0.1, 0.15) is 0 Å². The Balaban J connectivity index is 1.89. The number of hydrogen-bond donors (Lipinski definition) is 2. The van der Waals surface area contributed by atoms with E-state index in [-0.39, 0.29) is 12.5 Å². The van der Waals surface area contributed by atoms with Crippen molar-refractivity contribution in [1.82, 2.24) is 20.0 Å². The van der Waals surface area contributed by atoms with Gasteiger partial charge in [-0.1, -0.05) is 0 Å². The molecule has 7 heteroatoms. The van der Waals surface area contributed by atoms with Crippen LogP contribution in [0.15, 0.2) is 0 Å². The Labute approximate surface area is 125 Å². The molecule has 2 fully saturated rings. The molecule has 2 heterocycles. The summed E-state index contributed by atoms with van der Waals surface area (Å²) >= 11 is 0. The molecule has 0 unspecified atom stereocenters. The second kappa shape index (κ2) is 6.72. The molecule has 0 spiro atoms. The first-order valence-electron chi connectivity index (χ1n) is 7.60. The zero-order chi connectivity index (χ0) is 15.5. The molecular weight excluding hydrogens is 272 g/mol. The number of nitrogens with one attached hydrogen (secondary N) is 1. The summed E-state index contributed by atoms with van der Waals surface area (Å²) in [6.07, 6.45) is 0. The number of rotatable bonds is 4. The molecule has 2 aliphatic heterocycles. The van der Waals surface area contributed by atoms with Gasteiger partial charge in [0.2, 0.25) is 5.91 Å². The first-order chi connectivity index (χ1) is 9.91. The van der Waals surface area contributed by atoms with Crippen LogP contribution in [-0.2, 0) is 9.59 Å². The first kappa shape index (κ1) is 16.2. The summed E-state index contributed by atoms with van der Waals surface area (Å²) in [5.41, 5.74) is -0.489. The molecular formula is C14H26N4O3. The van der Waals surface area contributed by atoms with Crippen LogP contribution in [0.25, 0.3) is 0 Å². The number of aliphatic carboxylic acids is 1. The lowest BCUT2D eigenvalue weighted by molar-refractivity contribution is -0.145. The van der Waals surface area contributed by atoms with Gasteiger partial charge in [-0.2, -0.15) is 0 Å². The smallest absolute Gasteiger partial charge is 0.317 e. The van der Waals surface area contributed by atoms with Crippen LogP contribution in [0.2, 0.25) is 0 Å². The van der Waals surface area contributed by atoms with Crippen LogP contribution in [-0.4, -0.2) is 96.1 Å². The maximum Gasteiger partial charge on any atom is 0.317 e. The summed E-state index contributed by atoms with van der Waals surface area (Å²) in [6, 6.07) is 0. The third-order valence-corrected chi connectivity index (χ3v) is 4.45. The van der Waals surface area contributed by atoms with E-state index in [0.717, 1.165) is 26.2 Å². The molecule has 0 aromatic heterocycles. The van der Waals surface area contributed by atoms with Crippen LogP contribution in [0.5, 0.6) is 0 Å². The quantitative estimate of drug-likeness (QED) is 0.686. The number of carboxylic acid groups (broad SMARTS) is 1. The largest absolute Gasteiger partial charge is 0.480 e. The van der Waals surface area contributed by atoms with E-state index in [1.54, 1.807) is 0 Å². The Hall–Kier alpha value is -1.18. The predicted octanol–water partition coefficient (Wildman–Crippen LogP) is -1.10. The Bertz CT molecular complexity index is 386. The van der Waals surface area contributed by atoms with Gasteiger partial charge in [0.15, 0.2) is 0 Å². The van der Waals surface area contributed by atoms with Crippen molar-refractivity contribution in [2.75, 3.05) is 58.9 Å². The normalized spacial score (nSPS) is 22.3. The zero-order valence-corrected chi connectivity index (χ0v) is 13.0. The molecule has 0 aromatic rings. The summed E-state index contributed by atoms with van der Waals surface area (Å²) in [4.78, 5) is 29.5. The highest BCUT2D eigenvalue weighted by Gasteiger charge is 2.38. The van der Waals surface area contributed by atoms with Gasteiger partial charge in [0.05, 0.1) is 12.1 Å². The lowest BCUT2D eigenvalue weighted by atomic mass is 9.99. The molecule has 0 bridgehead atoms. The highest BCUT2D eigenvalue weighted by Crippen LogP contribution is 2.19. The van der Waals surface area contributed by atoms with Gasteiger partial charge >= 0.3 is 5.97 Å². The van der Waals surface area contributed by atoms with Gasteiger partial charge in [-0.15, -0.1) is 0 Å². The summed E-state index contributed by atoms with van der Waals surface area (Å²) in [5.74, 6) is -0.657. The van der Waals surface area contributed by atoms with E-state index in [1.165, 1.54) is 0 Å². The number of carboxylic acids is 1. The number of hydrogen-bond acceptors (Lipinski definition) is 5. The van der Waals surface area contributed by atoms with E-state index in [2.05, 4.69) is 10.2 Å². The second-order valence-corrected chi connectivity index (χ2v) is 6.26. The van der Waals surface area contributed by atoms with Gasteiger partial charge in [-0.3, -0.25) is 19.4 Å². The summed E-state index contributed by atoms with van der Waals surface area (Å²) in [5, 5.41) is 12.1. The number of nitrogens with zero attached hydrogens (tertiary/aromatic N) is 3. The number of carbonyl (C=O) groups is 2. The Morgan fingerprint density at radius 2 is 1.62 bits per heavy atom. The predicted molar refractivity (Wildman–Crippen MR) is 79.2 cm³/mol. The monoisotopic (exact) mass is 298 g/mol. The second-order valence-electron chi connectivity index (χ2n) is 6.26. The van der Waals surface area contributed by atoms with Crippen molar-refractivity contribution in [3.05, 3.63) is 0 Å². The van der Waals surface area contributed by atoms with Crippen LogP contribution >= 0.6 is 0 Å². The van der Waals surface area contributed by atoms with Crippen molar-refractivity contribution >= 4 is 11.9 Å². The third-order valence-electron chi connectivity index (χ3n) is 4.45. The molecule has 1 amide bonds. The lowest BCUT2D eigenvalue weighted by Gasteiger charge is -2.44. The molecule has 2 rings (SSSR count). The van der Waals surface area contributed by atoms with E-state index in [1.807, 2.05) is 23.6 Å². The maximum atomic E-state index is 12.8. The van der Waals surface area contributed by atoms with Gasteiger partial charge in [-0.25, -0.2) is 0 Å². The molecule has 0 radical (unpaired) electrons. The highest BCUT2D eigenvalue weighted by atomic mass is 16.4. The zero-order valence-electron chi connectivity index (χ0n) is 13.0. The standard InChI is InChI=1S/C14H26N4O3/c1-14(2,18-5-3-15-4-6-18)13(21)17-9-7-16(8-10-17)11-12(19)20/h15H,3-11H2,1-2H3,(H,19,20). The van der Waals surface area contributed by atoms with Crippen molar-refractivity contribution in [3.8, 4) is 0 Å². The molecule has 0 saturated carbocycles. The maximum absolute atomic E-state index is 12.8. The molecule has 2 aliphatic rings. The molecule has 0 aromatic carbocycles. The number of amides is 1. The van der Waals surface area contributed by atoms with Crippen LogP contribution in [0.1, 0.15) is 13.8 Å². The van der Waals surface area contributed by atoms with E-state index >= 15 is 0 Å². The van der Waals surface area contributed by atoms with Gasteiger partial charge in [0.25, 0.3) is 0 Å². The van der Waals surface area contributed by atoms with Crippen LogP contribution in [0.3, 0.4) is 0 Å². The van der Waals surface area contributed by atoms with E-state index < -0.39 is 11.5 Å². The summed E-state index contributed by atoms with van der Waals surface area (Å²) in [7, 11) is 0. The lowest BCUT2D eigenvalue weighted by Crippen LogP contribution is -2.62. The van der Waals surface area contributed by atoms with E-state index in [9.17, 15) is 9.59 Å². The molecule has 21 heavy (non-hydrogen) atoms. The topological polar surface area (TPSA) is 76.1 Å². The Kier molecular flexibility index (Phi) is 5.18. The van der Waals surface area contributed by atoms with E-state index in [4.69, 9.17) is 5.11 Å². The fourth-order valence-electron chi connectivity index (χ4n) is 3.05. The first-order valence-corrected chi connectivity index (χ1v) is 7.60. The van der Waals surface area contributed by atoms with Crippen molar-refractivity contribution < 1.29 is 14.7 Å². The number of carbonyl (C=O) groups excluding carboxylic acids is 1. The van der Waals surface area contributed by atoms with Gasteiger partial charge in [0, 0.05) is 52.4 Å². The Morgan fingerprint density at radius 3 is 2.14 bits per heavy atom. The third kappa shape index (κ3) is 3.93. The molecule has 120 valence electrons. The van der Waals surface area contributed by atoms with Crippen molar-refractivity contribution in [1.29, 1.82) is 0 Å². The van der Waals surface area contributed by atoms with E-state index in [0.29, 0.717) is 26.2 Å². The van der Waals surface area contributed by atoms with Crippen molar-refractivity contribution in [3.63, 3.8) is 0 Å². The minimum atomic E-state index is -0.809. The van der Waals surface area contributed by atoms with Crippen molar-refractivity contribution in [2.24, 2.45) is 0 Å². The minimum Gasteiger partial charge on any atom is -0.480 e. The van der Waals surface area contributed by atoms with Crippen LogP contribution in [0, 0.1) is 0 Å². The highest BCUT2D eigenvalue weighted by molar-refractivity contribution is 5.85. The van der Waals surface area contributed by atoms with Gasteiger partial charge in [-0.05, 0) is 13.8 Å².